The maximum absolute atomic E-state index is 12.3. The molecule has 1 rings (SSSR count). The average Bonchev–Trinajstić information content (AvgIpc) is 2.51. The Morgan fingerprint density at radius 2 is 1.61 bits per heavy atom. The Kier molecular flexibility index (Phi) is 9.65. The largest absolute Gasteiger partial charge is 0.459 e. The minimum atomic E-state index is -0.448. The van der Waals surface area contributed by atoms with Gasteiger partial charge < -0.3 is 9.47 Å². The highest BCUT2D eigenvalue weighted by Gasteiger charge is 2.19. The molecule has 0 radical (unpaired) electrons. The zero-order valence-corrected chi connectivity index (χ0v) is 19.4. The number of hydrogen-bond acceptors (Lipinski definition) is 4. The zero-order valence-electron chi connectivity index (χ0n) is 19.4. The predicted molar refractivity (Wildman–Crippen MR) is 117 cm³/mol. The normalized spacial score (nSPS) is 12.5. The molecule has 4 heteroatoms. The molecule has 0 spiro atoms. The Labute approximate surface area is 172 Å². The van der Waals surface area contributed by atoms with E-state index in [1.165, 1.54) is 16.7 Å². The van der Waals surface area contributed by atoms with E-state index in [0.717, 1.165) is 32.4 Å². The molecule has 0 saturated heterocycles. The fraction of sp³-hybridized carbons (Fsp3) is 0.708. The number of nitrogens with zero attached hydrogens (tertiary/aromatic N) is 1. The Morgan fingerprint density at radius 1 is 0.964 bits per heavy atom. The second-order valence-electron chi connectivity index (χ2n) is 9.71. The van der Waals surface area contributed by atoms with Crippen LogP contribution in [0.4, 0.5) is 0 Å². The van der Waals surface area contributed by atoms with E-state index in [-0.39, 0.29) is 11.6 Å². The summed E-state index contributed by atoms with van der Waals surface area (Å²) in [7, 11) is 0. The molecule has 160 valence electrons. The molecule has 0 aliphatic carbocycles. The Morgan fingerprint density at radius 3 is 2.21 bits per heavy atom. The van der Waals surface area contributed by atoms with E-state index >= 15 is 0 Å². The minimum Gasteiger partial charge on any atom is -0.459 e. The van der Waals surface area contributed by atoms with Crippen LogP contribution in [0.25, 0.3) is 0 Å². The van der Waals surface area contributed by atoms with Gasteiger partial charge in [-0.1, -0.05) is 23.8 Å². The van der Waals surface area contributed by atoms with Crippen LogP contribution in [0.5, 0.6) is 0 Å². The van der Waals surface area contributed by atoms with Crippen LogP contribution in [0.2, 0.25) is 0 Å². The summed E-state index contributed by atoms with van der Waals surface area (Å²) in [4.78, 5) is 14.5. The molecule has 0 atom stereocenters. The van der Waals surface area contributed by atoms with Crippen molar-refractivity contribution < 1.29 is 14.3 Å². The van der Waals surface area contributed by atoms with Crippen LogP contribution in [0, 0.1) is 13.8 Å². The van der Waals surface area contributed by atoms with E-state index in [0.29, 0.717) is 13.2 Å². The van der Waals surface area contributed by atoms with Crippen molar-refractivity contribution in [2.24, 2.45) is 0 Å². The summed E-state index contributed by atoms with van der Waals surface area (Å²) < 4.78 is 11.3. The number of esters is 1. The third-order valence-corrected chi connectivity index (χ3v) is 4.35. The molecule has 28 heavy (non-hydrogen) atoms. The first-order valence-electron chi connectivity index (χ1n) is 10.5. The van der Waals surface area contributed by atoms with Gasteiger partial charge in [-0.15, -0.1) is 0 Å². The number of carbonyl (C=O) groups is 1. The van der Waals surface area contributed by atoms with Gasteiger partial charge in [-0.05, 0) is 92.3 Å². The Bertz CT molecular complexity index is 611. The lowest BCUT2D eigenvalue weighted by molar-refractivity contribution is -0.156. The van der Waals surface area contributed by atoms with Crippen LogP contribution in [0.3, 0.4) is 0 Å². The molecule has 0 saturated carbocycles. The first-order valence-corrected chi connectivity index (χ1v) is 10.5. The van der Waals surface area contributed by atoms with Gasteiger partial charge >= 0.3 is 5.97 Å². The third-order valence-electron chi connectivity index (χ3n) is 4.35. The summed E-state index contributed by atoms with van der Waals surface area (Å²) in [6.07, 6.45) is 2.95. The highest BCUT2D eigenvalue weighted by Crippen LogP contribution is 2.14. The van der Waals surface area contributed by atoms with E-state index in [1.807, 2.05) is 20.8 Å². The molecule has 0 aliphatic rings. The predicted octanol–water partition coefficient (Wildman–Crippen LogP) is 5.08. The number of ether oxygens (including phenoxy) is 2. The van der Waals surface area contributed by atoms with Crippen LogP contribution < -0.4 is 0 Å². The van der Waals surface area contributed by atoms with Crippen molar-refractivity contribution in [3.8, 4) is 0 Å². The monoisotopic (exact) mass is 391 g/mol. The Balaban J connectivity index is 2.58. The van der Waals surface area contributed by atoms with Crippen molar-refractivity contribution in [2.75, 3.05) is 26.2 Å². The molecule has 0 bridgehead atoms. The summed E-state index contributed by atoms with van der Waals surface area (Å²) in [5.41, 5.74) is 3.46. The number of hydrogen-bond donors (Lipinski definition) is 0. The van der Waals surface area contributed by atoms with Gasteiger partial charge in [0, 0.05) is 13.2 Å². The second-order valence-corrected chi connectivity index (χ2v) is 9.71. The molecule has 0 fully saturated rings. The molecule has 0 amide bonds. The summed E-state index contributed by atoms with van der Waals surface area (Å²) in [5, 5.41) is 0. The zero-order chi connectivity index (χ0) is 21.4. The SMILES string of the molecule is Cc1ccc(C)c(CCCN(CCCOC(C)(C)C)CC(=O)OC(C)(C)C)c1. The average molecular weight is 392 g/mol. The molecule has 0 unspecified atom stereocenters. The van der Waals surface area contributed by atoms with Crippen LogP contribution in [-0.2, 0) is 20.7 Å². The van der Waals surface area contributed by atoms with Crippen LogP contribution in [0.15, 0.2) is 18.2 Å². The smallest absolute Gasteiger partial charge is 0.320 e. The fourth-order valence-electron chi connectivity index (χ4n) is 3.06. The first-order chi connectivity index (χ1) is 12.9. The van der Waals surface area contributed by atoms with Crippen LogP contribution in [0.1, 0.15) is 71.1 Å². The van der Waals surface area contributed by atoms with Crippen molar-refractivity contribution in [3.63, 3.8) is 0 Å². The van der Waals surface area contributed by atoms with E-state index in [9.17, 15) is 4.79 Å². The standard InChI is InChI=1S/C24H41NO3/c1-19-12-13-20(2)21(17-19)11-9-14-25(15-10-16-27-23(3,4)5)18-22(26)28-24(6,7)8/h12-13,17H,9-11,14-16,18H2,1-8H3. The van der Waals surface area contributed by atoms with Gasteiger partial charge in [0.2, 0.25) is 0 Å². The van der Waals surface area contributed by atoms with Gasteiger partial charge in [-0.3, -0.25) is 9.69 Å². The number of aryl methyl sites for hydroxylation is 3. The van der Waals surface area contributed by atoms with Crippen LogP contribution >= 0.6 is 0 Å². The lowest BCUT2D eigenvalue weighted by Crippen LogP contribution is -2.36. The van der Waals surface area contributed by atoms with Crippen molar-refractivity contribution >= 4 is 5.97 Å². The van der Waals surface area contributed by atoms with Gasteiger partial charge in [-0.25, -0.2) is 0 Å². The topological polar surface area (TPSA) is 38.8 Å². The minimum absolute atomic E-state index is 0.126. The second kappa shape index (κ2) is 11.0. The van der Waals surface area contributed by atoms with E-state index in [4.69, 9.17) is 9.47 Å². The molecule has 0 aromatic heterocycles. The highest BCUT2D eigenvalue weighted by atomic mass is 16.6. The number of carbonyl (C=O) groups excluding carboxylic acids is 1. The first kappa shape index (κ1) is 24.6. The molecule has 0 N–H and O–H groups in total. The summed E-state index contributed by atoms with van der Waals surface area (Å²) in [6, 6.07) is 6.61. The lowest BCUT2D eigenvalue weighted by Gasteiger charge is -2.26. The fourth-order valence-corrected chi connectivity index (χ4v) is 3.06. The summed E-state index contributed by atoms with van der Waals surface area (Å²) in [6.45, 7) is 19.0. The number of rotatable bonds is 10. The lowest BCUT2D eigenvalue weighted by atomic mass is 10.0. The van der Waals surface area contributed by atoms with Crippen molar-refractivity contribution in [1.29, 1.82) is 0 Å². The molecule has 0 aliphatic heterocycles. The Hall–Kier alpha value is -1.39. The molecular weight excluding hydrogens is 350 g/mol. The molecule has 1 aromatic rings. The van der Waals surface area contributed by atoms with E-state index in [2.05, 4.69) is 57.7 Å². The van der Waals surface area contributed by atoms with Gasteiger partial charge in [0.15, 0.2) is 0 Å². The van der Waals surface area contributed by atoms with E-state index in [1.54, 1.807) is 0 Å². The number of benzene rings is 1. The van der Waals surface area contributed by atoms with E-state index < -0.39 is 5.60 Å². The van der Waals surface area contributed by atoms with Crippen molar-refractivity contribution in [3.05, 3.63) is 34.9 Å². The van der Waals surface area contributed by atoms with Gasteiger partial charge in [0.25, 0.3) is 0 Å². The van der Waals surface area contributed by atoms with Crippen LogP contribution in [-0.4, -0.2) is 48.3 Å². The maximum atomic E-state index is 12.3. The molecule has 1 aromatic carbocycles. The quantitative estimate of drug-likeness (QED) is 0.412. The maximum Gasteiger partial charge on any atom is 0.320 e. The van der Waals surface area contributed by atoms with Gasteiger partial charge in [-0.2, -0.15) is 0 Å². The van der Waals surface area contributed by atoms with Gasteiger partial charge in [0.05, 0.1) is 12.1 Å². The summed E-state index contributed by atoms with van der Waals surface area (Å²) in [5.74, 6) is -0.157. The molecule has 4 nitrogen and oxygen atoms in total. The molecular formula is C24H41NO3. The van der Waals surface area contributed by atoms with Gasteiger partial charge in [0.1, 0.15) is 5.60 Å². The molecule has 0 heterocycles. The highest BCUT2D eigenvalue weighted by molar-refractivity contribution is 5.72. The third kappa shape index (κ3) is 11.5. The summed E-state index contributed by atoms with van der Waals surface area (Å²) >= 11 is 0. The van der Waals surface area contributed by atoms with Crippen molar-refractivity contribution in [2.45, 2.75) is 85.9 Å². The van der Waals surface area contributed by atoms with Crippen molar-refractivity contribution in [1.82, 2.24) is 4.90 Å².